The van der Waals surface area contributed by atoms with E-state index in [0.29, 0.717) is 23.9 Å². The molecule has 2 aliphatic carbocycles. The Labute approximate surface area is 115 Å². The van der Waals surface area contributed by atoms with Crippen LogP contribution in [0.3, 0.4) is 0 Å². The first-order valence-electron chi connectivity index (χ1n) is 7.45. The summed E-state index contributed by atoms with van der Waals surface area (Å²) in [4.78, 5) is 0. The molecule has 0 heterocycles. The van der Waals surface area contributed by atoms with Crippen molar-refractivity contribution >= 4 is 0 Å². The van der Waals surface area contributed by atoms with Crippen LogP contribution >= 0.6 is 0 Å². The molecule has 19 heavy (non-hydrogen) atoms. The number of phenolic OH excluding ortho intramolecular Hbond substituents is 1. The largest absolute Gasteiger partial charge is 0.508 e. The lowest BCUT2D eigenvalue weighted by molar-refractivity contribution is -0.0129. The minimum Gasteiger partial charge on any atom is -0.508 e. The number of rotatable bonds is 4. The van der Waals surface area contributed by atoms with Crippen LogP contribution in [-0.4, -0.2) is 23.9 Å². The summed E-state index contributed by atoms with van der Waals surface area (Å²) in [7, 11) is 0. The van der Waals surface area contributed by atoms with Crippen LogP contribution in [0.25, 0.3) is 0 Å². The van der Waals surface area contributed by atoms with E-state index in [-0.39, 0.29) is 0 Å². The molecule has 104 valence electrons. The van der Waals surface area contributed by atoms with Crippen molar-refractivity contribution in [2.45, 2.75) is 57.2 Å². The molecule has 2 N–H and O–H groups in total. The molecule has 1 aromatic rings. The zero-order valence-corrected chi connectivity index (χ0v) is 11.6. The second kappa shape index (κ2) is 5.51. The number of hydrogen-bond acceptors (Lipinski definition) is 3. The van der Waals surface area contributed by atoms with E-state index >= 15 is 0 Å². The van der Waals surface area contributed by atoms with Gasteiger partial charge in [0.2, 0.25) is 0 Å². The number of nitrogens with one attached hydrogen (secondary N) is 1. The summed E-state index contributed by atoms with van der Waals surface area (Å²) in [6.45, 7) is 2.88. The molecule has 0 bridgehead atoms. The van der Waals surface area contributed by atoms with Crippen molar-refractivity contribution < 1.29 is 9.84 Å². The molecular formula is C16H23NO2. The third-order valence-electron chi connectivity index (χ3n) is 4.37. The highest BCUT2D eigenvalue weighted by Crippen LogP contribution is 2.34. The molecule has 3 rings (SSSR count). The smallest absolute Gasteiger partial charge is 0.115 e. The van der Waals surface area contributed by atoms with E-state index in [9.17, 15) is 5.11 Å². The van der Waals surface area contributed by atoms with Gasteiger partial charge in [0, 0.05) is 18.7 Å². The number of hydrogen-bond donors (Lipinski definition) is 2. The highest BCUT2D eigenvalue weighted by molar-refractivity contribution is 5.38. The fourth-order valence-corrected chi connectivity index (χ4v) is 3.33. The molecule has 3 heteroatoms. The van der Waals surface area contributed by atoms with Gasteiger partial charge < -0.3 is 15.2 Å². The summed E-state index contributed by atoms with van der Waals surface area (Å²) in [6, 6.07) is 6.87. The second-order valence-electron chi connectivity index (χ2n) is 5.74. The molecule has 1 aromatic carbocycles. The predicted octanol–water partition coefficient (Wildman–Crippen LogP) is 2.93. The first-order valence-corrected chi connectivity index (χ1v) is 7.45. The van der Waals surface area contributed by atoms with Crippen LogP contribution in [0.2, 0.25) is 0 Å². The molecule has 1 saturated carbocycles. The maximum atomic E-state index is 9.57. The molecule has 0 spiro atoms. The minimum absolute atomic E-state index is 0.388. The van der Waals surface area contributed by atoms with Crippen molar-refractivity contribution in [1.82, 2.24) is 5.32 Å². The summed E-state index contributed by atoms with van der Waals surface area (Å²) >= 11 is 0. The van der Waals surface area contributed by atoms with Gasteiger partial charge in [-0.1, -0.05) is 6.07 Å². The molecule has 0 amide bonds. The van der Waals surface area contributed by atoms with Gasteiger partial charge in [-0.25, -0.2) is 0 Å². The summed E-state index contributed by atoms with van der Waals surface area (Å²) in [5, 5.41) is 13.3. The summed E-state index contributed by atoms with van der Waals surface area (Å²) < 4.78 is 5.61. The third-order valence-corrected chi connectivity index (χ3v) is 4.37. The van der Waals surface area contributed by atoms with E-state index in [4.69, 9.17) is 4.74 Å². The average molecular weight is 261 g/mol. The van der Waals surface area contributed by atoms with Crippen LogP contribution in [0.5, 0.6) is 5.75 Å². The Balaban J connectivity index is 1.62. The lowest BCUT2D eigenvalue weighted by Crippen LogP contribution is -2.47. The van der Waals surface area contributed by atoms with Gasteiger partial charge in [0.1, 0.15) is 5.75 Å². The van der Waals surface area contributed by atoms with Crippen LogP contribution in [0, 0.1) is 0 Å². The first kappa shape index (κ1) is 12.9. The van der Waals surface area contributed by atoms with Gasteiger partial charge in [0.25, 0.3) is 0 Å². The van der Waals surface area contributed by atoms with Crippen LogP contribution in [0.4, 0.5) is 0 Å². The van der Waals surface area contributed by atoms with Gasteiger partial charge in [-0.3, -0.25) is 0 Å². The molecule has 0 aliphatic heterocycles. The van der Waals surface area contributed by atoms with E-state index in [0.717, 1.165) is 25.9 Å². The van der Waals surface area contributed by atoms with E-state index in [1.807, 2.05) is 12.1 Å². The van der Waals surface area contributed by atoms with Crippen molar-refractivity contribution in [3.8, 4) is 5.75 Å². The molecule has 0 radical (unpaired) electrons. The molecular weight excluding hydrogens is 238 g/mol. The third kappa shape index (κ3) is 2.77. The van der Waals surface area contributed by atoms with E-state index in [1.165, 1.54) is 24.0 Å². The first-order chi connectivity index (χ1) is 9.26. The van der Waals surface area contributed by atoms with E-state index in [2.05, 4.69) is 18.3 Å². The zero-order chi connectivity index (χ0) is 13.2. The maximum absolute atomic E-state index is 9.57. The lowest BCUT2D eigenvalue weighted by atomic mass is 9.83. The number of aromatic hydroxyl groups is 1. The van der Waals surface area contributed by atoms with Gasteiger partial charge in [0.05, 0.1) is 6.10 Å². The highest BCUT2D eigenvalue weighted by Gasteiger charge is 2.32. The summed E-state index contributed by atoms with van der Waals surface area (Å²) in [5.41, 5.74) is 2.69. The van der Waals surface area contributed by atoms with Gasteiger partial charge in [-0.05, 0) is 62.3 Å². The molecule has 1 atom stereocenters. The van der Waals surface area contributed by atoms with Crippen LogP contribution in [0.15, 0.2) is 18.2 Å². The Morgan fingerprint density at radius 1 is 1.37 bits per heavy atom. The second-order valence-corrected chi connectivity index (χ2v) is 5.74. The molecule has 1 unspecified atom stereocenters. The fraction of sp³-hybridized carbons (Fsp3) is 0.625. The number of benzene rings is 1. The molecule has 0 saturated heterocycles. The summed E-state index contributed by atoms with van der Waals surface area (Å²) in [5.74, 6) is 0.388. The van der Waals surface area contributed by atoms with Crippen molar-refractivity contribution in [2.24, 2.45) is 0 Å². The molecule has 0 aromatic heterocycles. The zero-order valence-electron chi connectivity index (χ0n) is 11.6. The number of phenols is 1. The topological polar surface area (TPSA) is 41.5 Å². The van der Waals surface area contributed by atoms with Gasteiger partial charge in [-0.2, -0.15) is 0 Å². The van der Waals surface area contributed by atoms with Crippen LogP contribution in [-0.2, 0) is 11.2 Å². The predicted molar refractivity (Wildman–Crippen MR) is 75.4 cm³/mol. The standard InChI is InChI=1S/C16H23NO2/c1-2-19-14-9-12(10-14)17-16-5-3-4-11-8-13(18)6-7-15(11)16/h6-8,12,14,16-18H,2-5,9-10H2,1H3. The number of fused-ring (bicyclic) bond motifs is 1. The maximum Gasteiger partial charge on any atom is 0.115 e. The van der Waals surface area contributed by atoms with Gasteiger partial charge in [0.15, 0.2) is 0 Å². The number of aryl methyl sites for hydroxylation is 1. The number of ether oxygens (including phenoxy) is 1. The molecule has 1 fully saturated rings. The normalized spacial score (nSPS) is 29.6. The highest BCUT2D eigenvalue weighted by atomic mass is 16.5. The van der Waals surface area contributed by atoms with Crippen molar-refractivity contribution in [2.75, 3.05) is 6.61 Å². The molecule has 3 nitrogen and oxygen atoms in total. The van der Waals surface area contributed by atoms with Gasteiger partial charge >= 0.3 is 0 Å². The quantitative estimate of drug-likeness (QED) is 0.875. The summed E-state index contributed by atoms with van der Waals surface area (Å²) in [6.07, 6.45) is 6.23. The Kier molecular flexibility index (Phi) is 3.76. The van der Waals surface area contributed by atoms with E-state index in [1.54, 1.807) is 0 Å². The Morgan fingerprint density at radius 3 is 3.00 bits per heavy atom. The average Bonchev–Trinajstić information content (AvgIpc) is 2.36. The van der Waals surface area contributed by atoms with Crippen molar-refractivity contribution in [1.29, 1.82) is 0 Å². The Hall–Kier alpha value is -1.06. The van der Waals surface area contributed by atoms with E-state index < -0.39 is 0 Å². The SMILES string of the molecule is CCOC1CC(NC2CCCc3cc(O)ccc32)C1. The van der Waals surface area contributed by atoms with Crippen molar-refractivity contribution in [3.63, 3.8) is 0 Å². The van der Waals surface area contributed by atoms with Crippen molar-refractivity contribution in [3.05, 3.63) is 29.3 Å². The monoisotopic (exact) mass is 261 g/mol. The van der Waals surface area contributed by atoms with Gasteiger partial charge in [-0.15, -0.1) is 0 Å². The molecule has 2 aliphatic rings. The van der Waals surface area contributed by atoms with Crippen LogP contribution in [0.1, 0.15) is 49.8 Å². The lowest BCUT2D eigenvalue weighted by Gasteiger charge is -2.39. The Bertz CT molecular complexity index is 440. The minimum atomic E-state index is 0.388. The Morgan fingerprint density at radius 2 is 2.21 bits per heavy atom. The van der Waals surface area contributed by atoms with Crippen LogP contribution < -0.4 is 5.32 Å². The fourth-order valence-electron chi connectivity index (χ4n) is 3.33.